The molecule has 4 rings (SSSR count). The van der Waals surface area contributed by atoms with E-state index in [1.807, 2.05) is 24.3 Å². The Bertz CT molecular complexity index is 762. The Morgan fingerprint density at radius 2 is 2.04 bits per heavy atom. The molecule has 3 atom stereocenters. The quantitative estimate of drug-likeness (QED) is 0.815. The molecule has 138 valence electrons. The van der Waals surface area contributed by atoms with Gasteiger partial charge in [-0.3, -0.25) is 14.5 Å². The third-order valence-corrected chi connectivity index (χ3v) is 6.18. The second-order valence-electron chi connectivity index (χ2n) is 7.82. The van der Waals surface area contributed by atoms with Gasteiger partial charge >= 0.3 is 6.03 Å². The molecular weight excluding hydrogens is 330 g/mol. The summed E-state index contributed by atoms with van der Waals surface area (Å²) in [5.74, 6) is -0.126. The van der Waals surface area contributed by atoms with Crippen LogP contribution < -0.4 is 10.6 Å². The van der Waals surface area contributed by atoms with Crippen LogP contribution in [0.25, 0.3) is 0 Å². The van der Waals surface area contributed by atoms with Crippen molar-refractivity contribution in [3.05, 3.63) is 35.4 Å². The highest BCUT2D eigenvalue weighted by Gasteiger charge is 2.55. The first-order valence-corrected chi connectivity index (χ1v) is 9.53. The van der Waals surface area contributed by atoms with Crippen molar-refractivity contribution in [2.24, 2.45) is 5.92 Å². The first-order chi connectivity index (χ1) is 12.5. The maximum Gasteiger partial charge on any atom is 0.325 e. The lowest BCUT2D eigenvalue weighted by Gasteiger charge is -2.30. The van der Waals surface area contributed by atoms with Gasteiger partial charge in [-0.1, -0.05) is 44.0 Å². The van der Waals surface area contributed by atoms with E-state index < -0.39 is 11.6 Å². The van der Waals surface area contributed by atoms with E-state index >= 15 is 0 Å². The van der Waals surface area contributed by atoms with Gasteiger partial charge in [0.2, 0.25) is 5.91 Å². The van der Waals surface area contributed by atoms with Crippen LogP contribution in [-0.2, 0) is 21.5 Å². The average molecular weight is 355 g/mol. The van der Waals surface area contributed by atoms with E-state index in [4.69, 9.17) is 0 Å². The molecule has 1 aromatic rings. The molecule has 2 N–H and O–H groups in total. The topological polar surface area (TPSA) is 78.5 Å². The van der Waals surface area contributed by atoms with Gasteiger partial charge < -0.3 is 10.6 Å². The number of rotatable bonds is 3. The highest BCUT2D eigenvalue weighted by Crippen LogP contribution is 2.41. The summed E-state index contributed by atoms with van der Waals surface area (Å²) in [4.78, 5) is 39.1. The van der Waals surface area contributed by atoms with Crippen molar-refractivity contribution in [2.45, 2.75) is 57.0 Å². The first-order valence-electron chi connectivity index (χ1n) is 9.53. The van der Waals surface area contributed by atoms with E-state index in [2.05, 4.69) is 17.6 Å². The smallest absolute Gasteiger partial charge is 0.325 e. The Kier molecular flexibility index (Phi) is 4.21. The molecular formula is C20H25N3O3. The molecule has 0 unspecified atom stereocenters. The number of carbonyl (C=O) groups excluding carboxylic acids is 3. The Hall–Kier alpha value is -2.37. The zero-order valence-corrected chi connectivity index (χ0v) is 15.1. The Morgan fingerprint density at radius 1 is 1.27 bits per heavy atom. The molecule has 2 fully saturated rings. The van der Waals surface area contributed by atoms with E-state index in [0.29, 0.717) is 12.3 Å². The summed E-state index contributed by atoms with van der Waals surface area (Å²) in [6, 6.07) is 7.37. The van der Waals surface area contributed by atoms with Crippen LogP contribution in [0.2, 0.25) is 0 Å². The molecule has 2 aliphatic carbocycles. The number of imide groups is 1. The van der Waals surface area contributed by atoms with Gasteiger partial charge in [-0.2, -0.15) is 0 Å². The summed E-state index contributed by atoms with van der Waals surface area (Å²) < 4.78 is 0. The van der Waals surface area contributed by atoms with Gasteiger partial charge in [-0.25, -0.2) is 4.79 Å². The van der Waals surface area contributed by atoms with Crippen LogP contribution in [0.15, 0.2) is 24.3 Å². The third kappa shape index (κ3) is 2.68. The van der Waals surface area contributed by atoms with Gasteiger partial charge in [-0.05, 0) is 42.7 Å². The number of carbonyl (C=O) groups is 3. The highest BCUT2D eigenvalue weighted by atomic mass is 16.2. The third-order valence-electron chi connectivity index (χ3n) is 6.18. The van der Waals surface area contributed by atoms with Gasteiger partial charge in [0, 0.05) is 6.04 Å². The molecule has 6 heteroatoms. The molecule has 0 bridgehead atoms. The van der Waals surface area contributed by atoms with Crippen molar-refractivity contribution >= 4 is 17.8 Å². The zero-order chi connectivity index (χ0) is 18.3. The number of benzene rings is 1. The number of amides is 4. The van der Waals surface area contributed by atoms with Gasteiger partial charge in [-0.15, -0.1) is 0 Å². The SMILES string of the molecule is C[C@H]1CCCC[C@@H]1NC(=O)CN1C(=O)N[C@]2(CCc3ccccc32)C1=O. The molecule has 1 aromatic carbocycles. The van der Waals surface area contributed by atoms with Crippen LogP contribution in [0, 0.1) is 5.92 Å². The lowest BCUT2D eigenvalue weighted by Crippen LogP contribution is -2.47. The maximum absolute atomic E-state index is 13.1. The number of hydrogen-bond donors (Lipinski definition) is 2. The molecule has 6 nitrogen and oxygen atoms in total. The molecule has 1 saturated carbocycles. The second kappa shape index (κ2) is 6.41. The monoisotopic (exact) mass is 355 g/mol. The van der Waals surface area contributed by atoms with Crippen LogP contribution in [0.3, 0.4) is 0 Å². The molecule has 0 radical (unpaired) electrons. The van der Waals surface area contributed by atoms with E-state index in [-0.39, 0.29) is 24.4 Å². The number of urea groups is 1. The van der Waals surface area contributed by atoms with Crippen molar-refractivity contribution < 1.29 is 14.4 Å². The summed E-state index contributed by atoms with van der Waals surface area (Å²) in [6.07, 6.45) is 5.68. The standard InChI is InChI=1S/C20H25N3O3/c1-13-6-2-5-9-16(13)21-17(24)12-23-18(25)20(22-19(23)26)11-10-14-7-3-4-8-15(14)20/h3-4,7-8,13,16H,2,5-6,9-12H2,1H3,(H,21,24)(H,22,26)/t13-,16-,20-/m0/s1. The minimum atomic E-state index is -0.994. The van der Waals surface area contributed by atoms with E-state index in [1.165, 1.54) is 6.42 Å². The van der Waals surface area contributed by atoms with Crippen LogP contribution in [-0.4, -0.2) is 35.3 Å². The Labute approximate surface area is 153 Å². The van der Waals surface area contributed by atoms with Crippen LogP contribution >= 0.6 is 0 Å². The molecule has 26 heavy (non-hydrogen) atoms. The second-order valence-corrected chi connectivity index (χ2v) is 7.82. The minimum absolute atomic E-state index is 0.137. The first kappa shape index (κ1) is 17.1. The highest BCUT2D eigenvalue weighted by molar-refractivity contribution is 6.09. The molecule has 1 saturated heterocycles. The van der Waals surface area contributed by atoms with Crippen LogP contribution in [0.1, 0.15) is 50.2 Å². The van der Waals surface area contributed by atoms with Crippen molar-refractivity contribution in [3.63, 3.8) is 0 Å². The Balaban J connectivity index is 1.48. The molecule has 4 amide bonds. The number of fused-ring (bicyclic) bond motifs is 2. The summed E-state index contributed by atoms with van der Waals surface area (Å²) in [5.41, 5.74) is 0.956. The van der Waals surface area contributed by atoms with E-state index in [1.54, 1.807) is 0 Å². The lowest BCUT2D eigenvalue weighted by molar-refractivity contribution is -0.135. The lowest BCUT2D eigenvalue weighted by atomic mass is 9.86. The van der Waals surface area contributed by atoms with Gasteiger partial charge in [0.25, 0.3) is 5.91 Å². The number of nitrogens with one attached hydrogen (secondary N) is 2. The number of aryl methyl sites for hydroxylation is 1. The van der Waals surface area contributed by atoms with Crippen LogP contribution in [0.4, 0.5) is 4.79 Å². The molecule has 0 aromatic heterocycles. The fraction of sp³-hybridized carbons (Fsp3) is 0.550. The van der Waals surface area contributed by atoms with Crippen molar-refractivity contribution in [1.29, 1.82) is 0 Å². The van der Waals surface area contributed by atoms with E-state index in [0.717, 1.165) is 41.7 Å². The molecule has 3 aliphatic rings. The van der Waals surface area contributed by atoms with Gasteiger partial charge in [0.1, 0.15) is 12.1 Å². The summed E-state index contributed by atoms with van der Waals surface area (Å²) in [6.45, 7) is 1.93. The van der Waals surface area contributed by atoms with Crippen molar-refractivity contribution in [3.8, 4) is 0 Å². The number of hydrogen-bond acceptors (Lipinski definition) is 3. The largest absolute Gasteiger partial charge is 0.352 e. The summed E-state index contributed by atoms with van der Waals surface area (Å²) in [5, 5.41) is 5.88. The number of nitrogens with zero attached hydrogens (tertiary/aromatic N) is 1. The summed E-state index contributed by atoms with van der Waals surface area (Å²) >= 11 is 0. The van der Waals surface area contributed by atoms with Crippen molar-refractivity contribution in [1.82, 2.24) is 15.5 Å². The predicted octanol–water partition coefficient (Wildman–Crippen LogP) is 2.07. The molecule has 1 heterocycles. The normalized spacial score (nSPS) is 30.4. The van der Waals surface area contributed by atoms with E-state index in [9.17, 15) is 14.4 Å². The average Bonchev–Trinajstić information content (AvgIpc) is 3.11. The minimum Gasteiger partial charge on any atom is -0.352 e. The fourth-order valence-electron chi connectivity index (χ4n) is 4.66. The fourth-order valence-corrected chi connectivity index (χ4v) is 4.66. The Morgan fingerprint density at radius 3 is 2.85 bits per heavy atom. The van der Waals surface area contributed by atoms with Crippen molar-refractivity contribution in [2.75, 3.05) is 6.54 Å². The molecule has 1 spiro atoms. The van der Waals surface area contributed by atoms with Gasteiger partial charge in [0.15, 0.2) is 0 Å². The maximum atomic E-state index is 13.1. The predicted molar refractivity (Wildman–Crippen MR) is 96.2 cm³/mol. The zero-order valence-electron chi connectivity index (χ0n) is 15.1. The van der Waals surface area contributed by atoms with Gasteiger partial charge in [0.05, 0.1) is 0 Å². The summed E-state index contributed by atoms with van der Waals surface area (Å²) in [7, 11) is 0. The molecule has 1 aliphatic heterocycles. The van der Waals surface area contributed by atoms with Crippen LogP contribution in [0.5, 0.6) is 0 Å².